The molecule has 5 rings (SSSR count). The van der Waals surface area contributed by atoms with Crippen molar-refractivity contribution in [3.05, 3.63) is 23.2 Å². The van der Waals surface area contributed by atoms with Gasteiger partial charge in [-0.3, -0.25) is 0 Å². The average Bonchev–Trinajstić information content (AvgIpc) is 2.53. The van der Waals surface area contributed by atoms with E-state index in [0.717, 1.165) is 37.0 Å². The normalized spacial score (nSPS) is 33.4. The minimum absolute atomic E-state index is 0.0463. The third-order valence-electron chi connectivity index (χ3n) is 6.43. The molecular formula is C19H25ClN2O2. The summed E-state index contributed by atoms with van der Waals surface area (Å²) in [5, 5.41) is 3.59. The van der Waals surface area contributed by atoms with Crippen molar-refractivity contribution in [2.45, 2.75) is 44.1 Å². The number of halogens is 1. The number of hydrogen-bond donors (Lipinski definition) is 1. The first-order valence-corrected chi connectivity index (χ1v) is 9.25. The summed E-state index contributed by atoms with van der Waals surface area (Å²) in [5.74, 6) is 3.07. The van der Waals surface area contributed by atoms with Gasteiger partial charge in [0.1, 0.15) is 5.75 Å². The van der Waals surface area contributed by atoms with Gasteiger partial charge in [-0.25, -0.2) is 4.79 Å². The summed E-state index contributed by atoms with van der Waals surface area (Å²) >= 11 is 6.07. The summed E-state index contributed by atoms with van der Waals surface area (Å²) in [6.45, 7) is 0. The van der Waals surface area contributed by atoms with Gasteiger partial charge < -0.3 is 15.0 Å². The van der Waals surface area contributed by atoms with E-state index in [9.17, 15) is 4.79 Å². The molecule has 4 saturated carbocycles. The number of anilines is 1. The Labute approximate surface area is 148 Å². The van der Waals surface area contributed by atoms with E-state index in [1.165, 1.54) is 19.3 Å². The topological polar surface area (TPSA) is 41.6 Å². The zero-order valence-corrected chi connectivity index (χ0v) is 15.1. The van der Waals surface area contributed by atoms with Crippen LogP contribution in [-0.2, 0) is 0 Å². The smallest absolute Gasteiger partial charge is 0.322 e. The number of urea groups is 1. The molecular weight excluding hydrogens is 324 g/mol. The molecule has 4 aliphatic rings. The van der Waals surface area contributed by atoms with E-state index >= 15 is 0 Å². The highest BCUT2D eigenvalue weighted by atomic mass is 35.5. The average molecular weight is 349 g/mol. The van der Waals surface area contributed by atoms with Gasteiger partial charge in [-0.2, -0.15) is 0 Å². The number of carbonyl (C=O) groups is 1. The molecule has 0 unspecified atom stereocenters. The summed E-state index contributed by atoms with van der Waals surface area (Å²) in [7, 11) is 3.56. The third-order valence-corrected chi connectivity index (χ3v) is 6.66. The zero-order valence-electron chi connectivity index (χ0n) is 14.3. The Morgan fingerprint density at radius 2 is 1.79 bits per heavy atom. The molecule has 0 aliphatic heterocycles. The number of carbonyl (C=O) groups excluding carboxylic acids is 1. The quantitative estimate of drug-likeness (QED) is 0.853. The Bertz CT molecular complexity index is 625. The van der Waals surface area contributed by atoms with Gasteiger partial charge in [0.25, 0.3) is 0 Å². The molecule has 4 nitrogen and oxygen atoms in total. The lowest BCUT2D eigenvalue weighted by Crippen LogP contribution is -2.61. The maximum atomic E-state index is 12.9. The van der Waals surface area contributed by atoms with Crippen LogP contribution in [0.5, 0.6) is 5.75 Å². The highest BCUT2D eigenvalue weighted by molar-refractivity contribution is 6.31. The van der Waals surface area contributed by atoms with E-state index in [2.05, 4.69) is 5.32 Å². The molecule has 1 aromatic rings. The molecule has 24 heavy (non-hydrogen) atoms. The molecule has 1 N–H and O–H groups in total. The minimum Gasteiger partial charge on any atom is -0.495 e. The van der Waals surface area contributed by atoms with Crippen molar-refractivity contribution >= 4 is 23.3 Å². The molecule has 5 heteroatoms. The zero-order chi connectivity index (χ0) is 16.9. The second kappa shape index (κ2) is 5.83. The second-order valence-corrected chi connectivity index (χ2v) is 8.41. The standard InChI is InChI=1S/C19H25ClN2O2/c1-22(18(23)21-16-8-15(20)3-4-17(16)24-2)19-9-12-5-13(10-19)7-14(6-12)11-19/h3-4,8,12-14H,5-7,9-11H2,1-2H3,(H,21,23). The highest BCUT2D eigenvalue weighted by Crippen LogP contribution is 2.57. The number of amides is 2. The fraction of sp³-hybridized carbons (Fsp3) is 0.632. The number of benzene rings is 1. The fourth-order valence-corrected chi connectivity index (χ4v) is 5.84. The Morgan fingerprint density at radius 3 is 2.33 bits per heavy atom. The van der Waals surface area contributed by atoms with Crippen molar-refractivity contribution in [3.63, 3.8) is 0 Å². The lowest BCUT2D eigenvalue weighted by atomic mass is 9.52. The highest BCUT2D eigenvalue weighted by Gasteiger charge is 2.53. The number of ether oxygens (including phenoxy) is 1. The van der Waals surface area contributed by atoms with Gasteiger partial charge in [0.15, 0.2) is 0 Å². The van der Waals surface area contributed by atoms with Crippen molar-refractivity contribution in [1.82, 2.24) is 4.90 Å². The van der Waals surface area contributed by atoms with Crippen LogP contribution in [0.2, 0.25) is 5.02 Å². The van der Waals surface area contributed by atoms with Crippen LogP contribution < -0.4 is 10.1 Å². The molecule has 4 fully saturated rings. The molecule has 130 valence electrons. The maximum absolute atomic E-state index is 12.9. The van der Waals surface area contributed by atoms with E-state index in [-0.39, 0.29) is 11.6 Å². The number of nitrogens with zero attached hydrogens (tertiary/aromatic N) is 1. The van der Waals surface area contributed by atoms with Gasteiger partial charge in [-0.1, -0.05) is 11.6 Å². The maximum Gasteiger partial charge on any atom is 0.322 e. The van der Waals surface area contributed by atoms with E-state index < -0.39 is 0 Å². The number of hydrogen-bond acceptors (Lipinski definition) is 2. The minimum atomic E-state index is -0.0579. The van der Waals surface area contributed by atoms with Crippen LogP contribution in [0, 0.1) is 17.8 Å². The van der Waals surface area contributed by atoms with Crippen molar-refractivity contribution < 1.29 is 9.53 Å². The van der Waals surface area contributed by atoms with Gasteiger partial charge in [0.2, 0.25) is 0 Å². The summed E-state index contributed by atoms with van der Waals surface area (Å²) < 4.78 is 5.34. The fourth-order valence-electron chi connectivity index (χ4n) is 5.67. The molecule has 0 spiro atoms. The Morgan fingerprint density at radius 1 is 1.21 bits per heavy atom. The van der Waals surface area contributed by atoms with Crippen LogP contribution in [-0.4, -0.2) is 30.6 Å². The van der Waals surface area contributed by atoms with Crippen molar-refractivity contribution in [2.75, 3.05) is 19.5 Å². The SMILES string of the molecule is COc1ccc(Cl)cc1NC(=O)N(C)C12CC3CC(CC(C3)C1)C2. The van der Waals surface area contributed by atoms with Crippen molar-refractivity contribution in [2.24, 2.45) is 17.8 Å². The van der Waals surface area contributed by atoms with Crippen LogP contribution in [0.3, 0.4) is 0 Å². The van der Waals surface area contributed by atoms with Gasteiger partial charge in [0, 0.05) is 17.6 Å². The number of nitrogens with one attached hydrogen (secondary N) is 1. The Balaban J connectivity index is 1.54. The van der Waals surface area contributed by atoms with E-state index in [0.29, 0.717) is 16.5 Å². The van der Waals surface area contributed by atoms with Crippen molar-refractivity contribution in [1.29, 1.82) is 0 Å². The van der Waals surface area contributed by atoms with Crippen LogP contribution in [0.25, 0.3) is 0 Å². The molecule has 4 aliphatic carbocycles. The molecule has 0 aromatic heterocycles. The third kappa shape index (κ3) is 2.65. The molecule has 1 aromatic carbocycles. The summed E-state index contributed by atoms with van der Waals surface area (Å²) in [4.78, 5) is 14.9. The lowest BCUT2D eigenvalue weighted by Gasteiger charge is -2.59. The summed E-state index contributed by atoms with van der Waals surface area (Å²) in [6, 6.07) is 5.23. The molecule has 0 heterocycles. The molecule has 4 bridgehead atoms. The monoisotopic (exact) mass is 348 g/mol. The first kappa shape index (κ1) is 16.1. The van der Waals surface area contributed by atoms with Crippen molar-refractivity contribution in [3.8, 4) is 5.75 Å². The van der Waals surface area contributed by atoms with E-state index in [1.54, 1.807) is 25.3 Å². The van der Waals surface area contributed by atoms with E-state index in [4.69, 9.17) is 16.3 Å². The van der Waals surface area contributed by atoms with Gasteiger partial charge in [-0.15, -0.1) is 0 Å². The summed E-state index contributed by atoms with van der Waals surface area (Å²) in [6.07, 6.45) is 7.60. The summed E-state index contributed by atoms with van der Waals surface area (Å²) in [5.41, 5.74) is 0.677. The largest absolute Gasteiger partial charge is 0.495 e. The first-order valence-electron chi connectivity index (χ1n) is 8.87. The lowest BCUT2D eigenvalue weighted by molar-refractivity contribution is -0.0604. The van der Waals surface area contributed by atoms with Gasteiger partial charge >= 0.3 is 6.03 Å². The van der Waals surface area contributed by atoms with E-state index in [1.807, 2.05) is 11.9 Å². The Kier molecular flexibility index (Phi) is 3.91. The van der Waals surface area contributed by atoms with Crippen LogP contribution >= 0.6 is 11.6 Å². The molecule has 0 radical (unpaired) electrons. The van der Waals surface area contributed by atoms with Crippen LogP contribution in [0.15, 0.2) is 18.2 Å². The predicted octanol–water partition coefficient (Wildman–Crippen LogP) is 4.78. The molecule has 2 amide bonds. The number of methoxy groups -OCH3 is 1. The molecule has 0 saturated heterocycles. The first-order chi connectivity index (χ1) is 11.5. The van der Waals surface area contributed by atoms with Gasteiger partial charge in [-0.05, 0) is 74.5 Å². The second-order valence-electron chi connectivity index (χ2n) is 7.98. The van der Waals surface area contributed by atoms with Gasteiger partial charge in [0.05, 0.1) is 12.8 Å². The Hall–Kier alpha value is -1.42. The van der Waals surface area contributed by atoms with Crippen LogP contribution in [0.4, 0.5) is 10.5 Å². The van der Waals surface area contributed by atoms with Crippen LogP contribution in [0.1, 0.15) is 38.5 Å². The predicted molar refractivity (Wildman–Crippen MR) is 95.7 cm³/mol. The number of rotatable bonds is 3. The molecule has 0 atom stereocenters.